The van der Waals surface area contributed by atoms with Crippen LogP contribution in [0.1, 0.15) is 21.7 Å². The molecule has 0 unspecified atom stereocenters. The highest BCUT2D eigenvalue weighted by molar-refractivity contribution is 6.03. The number of alkyl halides is 3. The molecule has 0 saturated heterocycles. The van der Waals surface area contributed by atoms with E-state index in [0.717, 1.165) is 16.3 Å². The summed E-state index contributed by atoms with van der Waals surface area (Å²) >= 11 is 0. The normalized spacial score (nSPS) is 11.7. The van der Waals surface area contributed by atoms with Gasteiger partial charge in [-0.05, 0) is 55.6 Å². The van der Waals surface area contributed by atoms with Gasteiger partial charge in [0.15, 0.2) is 11.5 Å². The molecule has 0 aliphatic heterocycles. The molecule has 41 heavy (non-hydrogen) atoms. The van der Waals surface area contributed by atoms with E-state index in [-0.39, 0.29) is 17.2 Å². The molecule has 0 spiro atoms. The number of aromatic nitrogens is 5. The standard InChI is InChI=1S/C28H23F4N7O2/c1-38(2)15-17-6-3-4-9-20(17)21-11-10-18(13-22(21)29)33-26(40)23-14-24(28(30,31)32)37-39(23)19-8-5-7-16(12-19)25-34-27(41)36-35-25/h3-14H,15H2,1-2H3,(H,33,40)(H2,34,35,36,41). The molecule has 0 radical (unpaired) electrons. The fourth-order valence-electron chi connectivity index (χ4n) is 4.34. The maximum atomic E-state index is 15.3. The lowest BCUT2D eigenvalue weighted by Crippen LogP contribution is -2.17. The van der Waals surface area contributed by atoms with Crippen molar-refractivity contribution in [3.05, 3.63) is 106 Å². The van der Waals surface area contributed by atoms with Gasteiger partial charge in [0.05, 0.1) is 5.69 Å². The number of nitrogens with one attached hydrogen (secondary N) is 3. The van der Waals surface area contributed by atoms with Crippen LogP contribution in [0.15, 0.2) is 77.6 Å². The zero-order valence-corrected chi connectivity index (χ0v) is 21.8. The highest BCUT2D eigenvalue weighted by Crippen LogP contribution is 2.32. The third-order valence-electron chi connectivity index (χ3n) is 6.12. The van der Waals surface area contributed by atoms with Crippen molar-refractivity contribution in [1.82, 2.24) is 29.9 Å². The smallest absolute Gasteiger partial charge is 0.321 e. The number of carbonyl (C=O) groups excluding carboxylic acids is 1. The Hall–Kier alpha value is -5.04. The van der Waals surface area contributed by atoms with Crippen molar-refractivity contribution in [2.45, 2.75) is 12.7 Å². The first kappa shape index (κ1) is 27.5. The quantitative estimate of drug-likeness (QED) is 0.238. The number of halogens is 4. The predicted octanol–water partition coefficient (Wildman–Crippen LogP) is 5.09. The van der Waals surface area contributed by atoms with Crippen LogP contribution >= 0.6 is 0 Å². The van der Waals surface area contributed by atoms with Crippen LogP contribution < -0.4 is 11.0 Å². The first-order valence-electron chi connectivity index (χ1n) is 12.3. The van der Waals surface area contributed by atoms with Crippen molar-refractivity contribution >= 4 is 11.6 Å². The van der Waals surface area contributed by atoms with Crippen molar-refractivity contribution in [3.8, 4) is 28.2 Å². The van der Waals surface area contributed by atoms with Gasteiger partial charge >= 0.3 is 11.9 Å². The number of rotatable bonds is 7. The van der Waals surface area contributed by atoms with Gasteiger partial charge in [-0.15, -0.1) is 0 Å². The van der Waals surface area contributed by atoms with Gasteiger partial charge in [0.1, 0.15) is 11.5 Å². The Balaban J connectivity index is 1.48. The van der Waals surface area contributed by atoms with Crippen molar-refractivity contribution in [3.63, 3.8) is 0 Å². The summed E-state index contributed by atoms with van der Waals surface area (Å²) in [5.41, 5.74) is 0.119. The second-order valence-corrected chi connectivity index (χ2v) is 9.44. The maximum absolute atomic E-state index is 15.3. The molecule has 0 aliphatic rings. The second-order valence-electron chi connectivity index (χ2n) is 9.44. The Bertz CT molecular complexity index is 1790. The van der Waals surface area contributed by atoms with Crippen molar-refractivity contribution in [1.29, 1.82) is 0 Å². The second kappa shape index (κ2) is 10.8. The number of benzene rings is 3. The lowest BCUT2D eigenvalue weighted by Gasteiger charge is -2.15. The van der Waals surface area contributed by atoms with Gasteiger partial charge in [-0.25, -0.2) is 19.0 Å². The molecule has 1 amide bonds. The largest absolute Gasteiger partial charge is 0.435 e. The van der Waals surface area contributed by atoms with Crippen molar-refractivity contribution in [2.24, 2.45) is 0 Å². The predicted molar refractivity (Wildman–Crippen MR) is 144 cm³/mol. The van der Waals surface area contributed by atoms with Gasteiger partial charge in [0, 0.05) is 29.4 Å². The summed E-state index contributed by atoms with van der Waals surface area (Å²) in [6.45, 7) is 0.580. The van der Waals surface area contributed by atoms with Crippen molar-refractivity contribution in [2.75, 3.05) is 19.4 Å². The average molecular weight is 566 g/mol. The number of amides is 1. The summed E-state index contributed by atoms with van der Waals surface area (Å²) < 4.78 is 56.9. The molecule has 0 bridgehead atoms. The minimum Gasteiger partial charge on any atom is -0.321 e. The van der Waals surface area contributed by atoms with E-state index in [4.69, 9.17) is 0 Å². The van der Waals surface area contributed by atoms with Gasteiger partial charge < -0.3 is 10.2 Å². The molecular formula is C28H23F4N7O2. The van der Waals surface area contributed by atoms with Gasteiger partial charge in [-0.3, -0.25) is 9.78 Å². The summed E-state index contributed by atoms with van der Waals surface area (Å²) in [6, 6.07) is 18.0. The molecule has 13 heteroatoms. The fraction of sp³-hybridized carbons (Fsp3) is 0.143. The number of hydrogen-bond acceptors (Lipinski definition) is 5. The lowest BCUT2D eigenvalue weighted by atomic mass is 9.98. The number of aromatic amines is 2. The third kappa shape index (κ3) is 5.94. The molecule has 3 aromatic carbocycles. The van der Waals surface area contributed by atoms with E-state index in [1.54, 1.807) is 18.2 Å². The molecule has 0 atom stereocenters. The first-order chi connectivity index (χ1) is 19.5. The fourth-order valence-corrected chi connectivity index (χ4v) is 4.34. The minimum absolute atomic E-state index is 0.0468. The van der Waals surface area contributed by atoms with E-state index in [1.165, 1.54) is 30.3 Å². The topological polar surface area (TPSA) is 112 Å². The van der Waals surface area contributed by atoms with Crippen LogP contribution in [0.25, 0.3) is 28.2 Å². The number of anilines is 1. The van der Waals surface area contributed by atoms with Crippen molar-refractivity contribution < 1.29 is 22.4 Å². The number of carbonyl (C=O) groups is 1. The van der Waals surface area contributed by atoms with Crippen LogP contribution in [-0.4, -0.2) is 49.9 Å². The molecule has 0 fully saturated rings. The van der Waals surface area contributed by atoms with Gasteiger partial charge in [-0.2, -0.15) is 23.4 Å². The average Bonchev–Trinajstić information content (AvgIpc) is 3.56. The van der Waals surface area contributed by atoms with E-state index in [2.05, 4.69) is 25.6 Å². The molecule has 9 nitrogen and oxygen atoms in total. The summed E-state index contributed by atoms with van der Waals surface area (Å²) in [5.74, 6) is -1.40. The molecule has 2 heterocycles. The molecule has 210 valence electrons. The Morgan fingerprint density at radius 3 is 2.46 bits per heavy atom. The molecule has 0 saturated carbocycles. The maximum Gasteiger partial charge on any atom is 0.435 e. The lowest BCUT2D eigenvalue weighted by molar-refractivity contribution is -0.141. The zero-order chi connectivity index (χ0) is 29.3. The van der Waals surface area contributed by atoms with Crippen LogP contribution in [0.5, 0.6) is 0 Å². The zero-order valence-electron chi connectivity index (χ0n) is 21.8. The molecule has 5 aromatic rings. The summed E-state index contributed by atoms with van der Waals surface area (Å²) in [4.78, 5) is 29.1. The summed E-state index contributed by atoms with van der Waals surface area (Å²) in [5, 5.41) is 12.1. The molecule has 0 aliphatic carbocycles. The molecule has 2 aromatic heterocycles. The van der Waals surface area contributed by atoms with Crippen LogP contribution in [0.4, 0.5) is 23.2 Å². The Kier molecular flexibility index (Phi) is 7.28. The molecular weight excluding hydrogens is 542 g/mol. The van der Waals surface area contributed by atoms with E-state index >= 15 is 4.39 Å². The van der Waals surface area contributed by atoms with E-state index in [9.17, 15) is 22.8 Å². The SMILES string of the molecule is CN(C)Cc1ccccc1-c1ccc(NC(=O)c2cc(C(F)(F)F)nn2-c2cccc(-c3n[nH]c(=O)[nH]3)c2)cc1F. The highest BCUT2D eigenvalue weighted by atomic mass is 19.4. The number of nitrogens with zero attached hydrogens (tertiary/aromatic N) is 4. The van der Waals surface area contributed by atoms with Gasteiger partial charge in [-0.1, -0.05) is 36.4 Å². The van der Waals surface area contributed by atoms with Gasteiger partial charge in [0.2, 0.25) is 0 Å². The summed E-state index contributed by atoms with van der Waals surface area (Å²) in [7, 11) is 3.80. The third-order valence-corrected chi connectivity index (χ3v) is 6.12. The van der Waals surface area contributed by atoms with Gasteiger partial charge in [0.25, 0.3) is 5.91 Å². The van der Waals surface area contributed by atoms with Crippen LogP contribution in [0.3, 0.4) is 0 Å². The van der Waals surface area contributed by atoms with Crippen LogP contribution in [0, 0.1) is 5.82 Å². The minimum atomic E-state index is -4.83. The Morgan fingerprint density at radius 1 is 1.00 bits per heavy atom. The first-order valence-corrected chi connectivity index (χ1v) is 12.3. The van der Waals surface area contributed by atoms with E-state index < -0.39 is 35.0 Å². The Labute approximate surface area is 230 Å². The Morgan fingerprint density at radius 2 is 1.78 bits per heavy atom. The summed E-state index contributed by atoms with van der Waals surface area (Å²) in [6.07, 6.45) is -4.83. The van der Waals surface area contributed by atoms with E-state index in [1.807, 2.05) is 31.1 Å². The van der Waals surface area contributed by atoms with Crippen LogP contribution in [-0.2, 0) is 12.7 Å². The monoisotopic (exact) mass is 565 g/mol. The van der Waals surface area contributed by atoms with E-state index in [0.29, 0.717) is 29.3 Å². The molecule has 3 N–H and O–H groups in total. The molecule has 5 rings (SSSR count). The highest BCUT2D eigenvalue weighted by Gasteiger charge is 2.36. The number of hydrogen-bond donors (Lipinski definition) is 3. The number of H-pyrrole nitrogens is 2. The van der Waals surface area contributed by atoms with Crippen LogP contribution in [0.2, 0.25) is 0 Å².